The van der Waals surface area contributed by atoms with Gasteiger partial charge in [-0.15, -0.1) is 0 Å². The fraction of sp³-hybridized carbons (Fsp3) is 0.211. The SMILES string of the molecule is COC(=O)Cn1c(=NC(=O)Cc2ccc(F)cc2)sc2cc(S(C)(=O)=O)ccc21. The maximum Gasteiger partial charge on any atom is 0.325 e. The molecule has 152 valence electrons. The highest BCUT2D eigenvalue weighted by Crippen LogP contribution is 2.22. The Morgan fingerprint density at radius 2 is 1.86 bits per heavy atom. The van der Waals surface area contributed by atoms with Crippen LogP contribution in [0.3, 0.4) is 0 Å². The first-order valence-electron chi connectivity index (χ1n) is 8.39. The van der Waals surface area contributed by atoms with E-state index in [1.807, 2.05) is 0 Å². The second-order valence-corrected chi connectivity index (χ2v) is 9.28. The molecule has 0 saturated carbocycles. The number of thiazole rings is 1. The van der Waals surface area contributed by atoms with Gasteiger partial charge in [-0.2, -0.15) is 4.99 Å². The van der Waals surface area contributed by atoms with Gasteiger partial charge in [0.05, 0.1) is 28.6 Å². The first-order valence-corrected chi connectivity index (χ1v) is 11.1. The molecule has 7 nitrogen and oxygen atoms in total. The standard InChI is InChI=1S/C19H17FN2O5S2/c1-27-18(24)11-22-15-8-7-14(29(2,25)26)10-16(15)28-19(22)21-17(23)9-12-3-5-13(20)6-4-12/h3-8,10H,9,11H2,1-2H3. The van der Waals surface area contributed by atoms with Crippen molar-refractivity contribution in [1.29, 1.82) is 0 Å². The first kappa shape index (κ1) is 20.9. The molecule has 3 rings (SSSR count). The highest BCUT2D eigenvalue weighted by Gasteiger charge is 2.15. The van der Waals surface area contributed by atoms with Crippen LogP contribution in [0.5, 0.6) is 0 Å². The number of aromatic nitrogens is 1. The lowest BCUT2D eigenvalue weighted by Gasteiger charge is -2.04. The molecule has 1 amide bonds. The van der Waals surface area contributed by atoms with Crippen molar-refractivity contribution in [2.24, 2.45) is 4.99 Å². The average molecular weight is 436 g/mol. The lowest BCUT2D eigenvalue weighted by molar-refractivity contribution is -0.141. The second kappa shape index (κ2) is 8.26. The molecule has 0 bridgehead atoms. The number of amides is 1. The monoisotopic (exact) mass is 436 g/mol. The number of carbonyl (C=O) groups excluding carboxylic acids is 2. The van der Waals surface area contributed by atoms with Gasteiger partial charge in [0, 0.05) is 6.26 Å². The Morgan fingerprint density at radius 1 is 1.17 bits per heavy atom. The van der Waals surface area contributed by atoms with E-state index in [9.17, 15) is 22.4 Å². The van der Waals surface area contributed by atoms with Gasteiger partial charge in [0.25, 0.3) is 5.91 Å². The highest BCUT2D eigenvalue weighted by atomic mass is 32.2. The van der Waals surface area contributed by atoms with Crippen molar-refractivity contribution in [3.8, 4) is 0 Å². The van der Waals surface area contributed by atoms with Crippen molar-refractivity contribution in [3.05, 3.63) is 58.6 Å². The van der Waals surface area contributed by atoms with E-state index in [0.717, 1.165) is 17.6 Å². The molecule has 0 atom stereocenters. The summed E-state index contributed by atoms with van der Waals surface area (Å²) in [4.78, 5) is 28.7. The summed E-state index contributed by atoms with van der Waals surface area (Å²) in [5, 5.41) is 0. The Balaban J connectivity index is 2.07. The van der Waals surface area contributed by atoms with Gasteiger partial charge in [-0.3, -0.25) is 9.59 Å². The van der Waals surface area contributed by atoms with Crippen LogP contribution in [0.1, 0.15) is 5.56 Å². The van der Waals surface area contributed by atoms with E-state index in [1.165, 1.54) is 48.1 Å². The van der Waals surface area contributed by atoms with Gasteiger partial charge < -0.3 is 9.30 Å². The molecule has 0 aliphatic carbocycles. The second-order valence-electron chi connectivity index (χ2n) is 6.26. The topological polar surface area (TPSA) is 94.8 Å². The number of methoxy groups -OCH3 is 1. The number of rotatable bonds is 5. The molecule has 0 aliphatic rings. The Kier molecular flexibility index (Phi) is 5.94. The summed E-state index contributed by atoms with van der Waals surface area (Å²) in [7, 11) is -2.17. The molecule has 2 aromatic carbocycles. The molecular formula is C19H17FN2O5S2. The summed E-state index contributed by atoms with van der Waals surface area (Å²) >= 11 is 1.09. The van der Waals surface area contributed by atoms with Crippen molar-refractivity contribution in [3.63, 3.8) is 0 Å². The molecule has 0 fully saturated rings. The van der Waals surface area contributed by atoms with Crippen molar-refractivity contribution >= 4 is 43.3 Å². The summed E-state index contributed by atoms with van der Waals surface area (Å²) in [5.41, 5.74) is 1.15. The third-order valence-corrected chi connectivity index (χ3v) is 6.24. The Morgan fingerprint density at radius 3 is 2.48 bits per heavy atom. The van der Waals surface area contributed by atoms with Crippen LogP contribution >= 0.6 is 11.3 Å². The number of carbonyl (C=O) groups is 2. The number of fused-ring (bicyclic) bond motifs is 1. The van der Waals surface area contributed by atoms with Crippen LogP contribution in [0, 0.1) is 5.82 Å². The van der Waals surface area contributed by atoms with E-state index < -0.39 is 27.5 Å². The highest BCUT2D eigenvalue weighted by molar-refractivity contribution is 7.90. The van der Waals surface area contributed by atoms with E-state index in [1.54, 1.807) is 6.07 Å². The normalized spacial score (nSPS) is 12.3. The lowest BCUT2D eigenvalue weighted by atomic mass is 10.1. The smallest absolute Gasteiger partial charge is 0.325 e. The van der Waals surface area contributed by atoms with Crippen LogP contribution < -0.4 is 4.80 Å². The summed E-state index contributed by atoms with van der Waals surface area (Å²) in [6.07, 6.45) is 1.06. The van der Waals surface area contributed by atoms with Crippen molar-refractivity contribution in [2.75, 3.05) is 13.4 Å². The molecule has 0 N–H and O–H groups in total. The van der Waals surface area contributed by atoms with Gasteiger partial charge in [-0.1, -0.05) is 23.5 Å². The number of nitrogens with zero attached hydrogens (tertiary/aromatic N) is 2. The Hall–Kier alpha value is -2.85. The molecule has 1 aromatic heterocycles. The summed E-state index contributed by atoms with van der Waals surface area (Å²) < 4.78 is 43.4. The average Bonchev–Trinajstić information content (AvgIpc) is 2.99. The van der Waals surface area contributed by atoms with Crippen LogP contribution in [-0.2, 0) is 37.1 Å². The zero-order valence-corrected chi connectivity index (χ0v) is 17.2. The van der Waals surface area contributed by atoms with Crippen LogP contribution in [0.25, 0.3) is 10.2 Å². The molecular weight excluding hydrogens is 419 g/mol. The minimum Gasteiger partial charge on any atom is -0.468 e. The van der Waals surface area contributed by atoms with E-state index in [-0.39, 0.29) is 22.7 Å². The molecule has 0 radical (unpaired) electrons. The van der Waals surface area contributed by atoms with Gasteiger partial charge in [-0.25, -0.2) is 12.8 Å². The van der Waals surface area contributed by atoms with Crippen LogP contribution in [0.15, 0.2) is 52.4 Å². The zero-order chi connectivity index (χ0) is 21.2. The quantitative estimate of drug-likeness (QED) is 0.571. The minimum atomic E-state index is -3.42. The van der Waals surface area contributed by atoms with Crippen LogP contribution in [0.2, 0.25) is 0 Å². The first-order chi connectivity index (χ1) is 13.7. The zero-order valence-electron chi connectivity index (χ0n) is 15.6. The number of sulfone groups is 1. The van der Waals surface area contributed by atoms with E-state index in [4.69, 9.17) is 4.74 Å². The fourth-order valence-electron chi connectivity index (χ4n) is 2.64. The number of halogens is 1. The Labute approximate surface area is 170 Å². The Bertz CT molecular complexity index is 1260. The van der Waals surface area contributed by atoms with E-state index >= 15 is 0 Å². The van der Waals surface area contributed by atoms with Crippen molar-refractivity contribution in [1.82, 2.24) is 4.57 Å². The number of ether oxygens (including phenoxy) is 1. The molecule has 3 aromatic rings. The van der Waals surface area contributed by atoms with Gasteiger partial charge >= 0.3 is 5.97 Å². The van der Waals surface area contributed by atoms with Crippen LogP contribution in [0.4, 0.5) is 4.39 Å². The molecule has 0 saturated heterocycles. The van der Waals surface area contributed by atoms with Crippen LogP contribution in [-0.4, -0.2) is 38.2 Å². The molecule has 29 heavy (non-hydrogen) atoms. The number of hydrogen-bond donors (Lipinski definition) is 0. The maximum absolute atomic E-state index is 13.0. The lowest BCUT2D eigenvalue weighted by Crippen LogP contribution is -2.22. The number of benzene rings is 2. The van der Waals surface area contributed by atoms with Gasteiger partial charge in [0.1, 0.15) is 12.4 Å². The van der Waals surface area contributed by atoms with Crippen molar-refractivity contribution in [2.45, 2.75) is 17.9 Å². The molecule has 0 aliphatic heterocycles. The molecule has 0 unspecified atom stereocenters. The summed E-state index contributed by atoms with van der Waals surface area (Å²) in [6, 6.07) is 9.98. The number of hydrogen-bond acceptors (Lipinski definition) is 6. The van der Waals surface area contributed by atoms with E-state index in [2.05, 4.69) is 4.99 Å². The summed E-state index contributed by atoms with van der Waals surface area (Å²) in [6.45, 7) is -0.183. The number of esters is 1. The van der Waals surface area contributed by atoms with Crippen molar-refractivity contribution < 1.29 is 27.1 Å². The maximum atomic E-state index is 13.0. The largest absolute Gasteiger partial charge is 0.468 e. The van der Waals surface area contributed by atoms with Gasteiger partial charge in [0.15, 0.2) is 14.6 Å². The predicted molar refractivity (Wildman–Crippen MR) is 106 cm³/mol. The minimum absolute atomic E-state index is 0.0403. The summed E-state index contributed by atoms with van der Waals surface area (Å²) in [5.74, 6) is -1.42. The third kappa shape index (κ3) is 4.96. The fourth-order valence-corrected chi connectivity index (χ4v) is 4.45. The molecule has 1 heterocycles. The van der Waals surface area contributed by atoms with Gasteiger partial charge in [0.2, 0.25) is 0 Å². The molecule has 10 heteroatoms. The third-order valence-electron chi connectivity index (χ3n) is 4.09. The van der Waals surface area contributed by atoms with E-state index in [0.29, 0.717) is 15.8 Å². The molecule has 0 spiro atoms. The van der Waals surface area contributed by atoms with Gasteiger partial charge in [-0.05, 0) is 35.9 Å². The predicted octanol–water partition coefficient (Wildman–Crippen LogP) is 2.09.